The average molecular weight is 319 g/mol. The first-order valence-electron chi connectivity index (χ1n) is 5.20. The van der Waals surface area contributed by atoms with Crippen molar-refractivity contribution in [2.24, 2.45) is 0 Å². The Kier molecular flexibility index (Phi) is 4.03. The maximum Gasteiger partial charge on any atom is 0.227 e. The summed E-state index contributed by atoms with van der Waals surface area (Å²) in [6.45, 7) is 0.0204. The first-order chi connectivity index (χ1) is 8.63. The molecular weight excluding hydrogens is 310 g/mol. The number of hydrogen-bond donors (Lipinski definition) is 1. The molecule has 0 atom stereocenters. The second kappa shape index (κ2) is 5.53. The summed E-state index contributed by atoms with van der Waals surface area (Å²) in [5.41, 5.74) is 0.313. The lowest BCUT2D eigenvalue weighted by atomic mass is 10.2. The summed E-state index contributed by atoms with van der Waals surface area (Å²) in [7, 11) is 0. The molecule has 0 spiro atoms. The van der Waals surface area contributed by atoms with Crippen LogP contribution in [0.3, 0.4) is 0 Å². The summed E-state index contributed by atoms with van der Waals surface area (Å²) in [5.74, 6) is -1.42. The number of rotatable bonds is 4. The van der Waals surface area contributed by atoms with E-state index in [0.29, 0.717) is 24.3 Å². The molecule has 0 aliphatic heterocycles. The largest absolute Gasteiger partial charge is 0.396 e. The van der Waals surface area contributed by atoms with Gasteiger partial charge in [-0.25, -0.2) is 8.78 Å². The fourth-order valence-corrected chi connectivity index (χ4v) is 1.89. The Morgan fingerprint density at radius 1 is 1.33 bits per heavy atom. The Balaban J connectivity index is 2.31. The molecule has 7 heteroatoms. The zero-order valence-electron chi connectivity index (χ0n) is 9.16. The highest BCUT2D eigenvalue weighted by Crippen LogP contribution is 2.29. The number of halogens is 3. The van der Waals surface area contributed by atoms with Crippen molar-refractivity contribution in [1.82, 2.24) is 10.1 Å². The normalized spacial score (nSPS) is 10.9. The molecule has 0 amide bonds. The zero-order valence-corrected chi connectivity index (χ0v) is 10.7. The Morgan fingerprint density at radius 2 is 2.11 bits per heavy atom. The summed E-state index contributed by atoms with van der Waals surface area (Å²) < 4.78 is 31.2. The van der Waals surface area contributed by atoms with E-state index in [2.05, 4.69) is 26.1 Å². The van der Waals surface area contributed by atoms with Gasteiger partial charge in [0.1, 0.15) is 0 Å². The van der Waals surface area contributed by atoms with Gasteiger partial charge >= 0.3 is 0 Å². The van der Waals surface area contributed by atoms with Crippen LogP contribution in [0.5, 0.6) is 0 Å². The van der Waals surface area contributed by atoms with Crippen molar-refractivity contribution < 1.29 is 18.4 Å². The van der Waals surface area contributed by atoms with Crippen molar-refractivity contribution >= 4 is 15.9 Å². The lowest BCUT2D eigenvalue weighted by Crippen LogP contribution is -1.92. The van der Waals surface area contributed by atoms with Crippen LogP contribution >= 0.6 is 15.9 Å². The molecule has 0 bridgehead atoms. The predicted molar refractivity (Wildman–Crippen MR) is 62.8 cm³/mol. The monoisotopic (exact) mass is 318 g/mol. The van der Waals surface area contributed by atoms with Crippen LogP contribution in [0.1, 0.15) is 12.3 Å². The first kappa shape index (κ1) is 13.1. The molecule has 0 saturated heterocycles. The van der Waals surface area contributed by atoms with Gasteiger partial charge in [0.05, 0.1) is 4.47 Å². The van der Waals surface area contributed by atoms with Crippen LogP contribution in [0, 0.1) is 11.6 Å². The molecule has 18 heavy (non-hydrogen) atoms. The van der Waals surface area contributed by atoms with Crippen molar-refractivity contribution in [3.8, 4) is 11.4 Å². The fourth-order valence-electron chi connectivity index (χ4n) is 1.39. The number of nitrogens with zero attached hydrogens (tertiary/aromatic N) is 2. The van der Waals surface area contributed by atoms with Gasteiger partial charge in [0.15, 0.2) is 11.6 Å². The Hall–Kier alpha value is -1.34. The average Bonchev–Trinajstić information content (AvgIpc) is 2.82. The first-order valence-corrected chi connectivity index (χ1v) is 6.00. The molecule has 0 unspecified atom stereocenters. The molecule has 0 aliphatic carbocycles. The predicted octanol–water partition coefficient (Wildman–Crippen LogP) is 2.70. The highest BCUT2D eigenvalue weighted by molar-refractivity contribution is 9.10. The molecule has 1 aromatic heterocycles. The van der Waals surface area contributed by atoms with Gasteiger partial charge in [-0.1, -0.05) is 5.16 Å². The number of benzene rings is 1. The van der Waals surface area contributed by atoms with Crippen molar-refractivity contribution in [3.63, 3.8) is 0 Å². The van der Waals surface area contributed by atoms with Crippen LogP contribution < -0.4 is 0 Å². The van der Waals surface area contributed by atoms with E-state index in [0.717, 1.165) is 6.07 Å². The topological polar surface area (TPSA) is 59.2 Å². The standard InChI is InChI=1S/C11H9BrF2N2O2/c12-9-6(3-4-7(13)10(9)14)11-15-8(18-16-11)2-1-5-17/h3-4,17H,1-2,5H2. The highest BCUT2D eigenvalue weighted by Gasteiger charge is 2.16. The van der Waals surface area contributed by atoms with Crippen LogP contribution in [-0.2, 0) is 6.42 Å². The van der Waals surface area contributed by atoms with Crippen LogP contribution in [0.4, 0.5) is 8.78 Å². The van der Waals surface area contributed by atoms with E-state index in [1.807, 2.05) is 0 Å². The molecule has 2 rings (SSSR count). The van der Waals surface area contributed by atoms with Crippen LogP contribution in [-0.4, -0.2) is 21.9 Å². The summed E-state index contributed by atoms with van der Waals surface area (Å²) in [6.07, 6.45) is 0.936. The minimum Gasteiger partial charge on any atom is -0.396 e. The minimum absolute atomic E-state index is 0.0204. The van der Waals surface area contributed by atoms with Gasteiger partial charge in [-0.2, -0.15) is 4.98 Å². The molecule has 4 nitrogen and oxygen atoms in total. The molecule has 2 aromatic rings. The van der Waals surface area contributed by atoms with Crippen LogP contribution in [0.2, 0.25) is 0 Å². The maximum absolute atomic E-state index is 13.3. The van der Waals surface area contributed by atoms with Gasteiger partial charge in [-0.3, -0.25) is 0 Å². The van der Waals surface area contributed by atoms with E-state index in [4.69, 9.17) is 9.63 Å². The summed E-state index contributed by atoms with van der Waals surface area (Å²) in [6, 6.07) is 2.36. The van der Waals surface area contributed by atoms with E-state index >= 15 is 0 Å². The molecule has 1 N–H and O–H groups in total. The van der Waals surface area contributed by atoms with Crippen molar-refractivity contribution in [3.05, 3.63) is 34.1 Å². The summed E-state index contributed by atoms with van der Waals surface area (Å²) in [5, 5.41) is 12.4. The van der Waals surface area contributed by atoms with Gasteiger partial charge in [0.25, 0.3) is 0 Å². The van der Waals surface area contributed by atoms with Crippen LogP contribution in [0.25, 0.3) is 11.4 Å². The van der Waals surface area contributed by atoms with E-state index in [-0.39, 0.29) is 16.9 Å². The van der Waals surface area contributed by atoms with E-state index < -0.39 is 11.6 Å². The van der Waals surface area contributed by atoms with Gasteiger partial charge in [-0.15, -0.1) is 0 Å². The molecule has 0 radical (unpaired) electrons. The lowest BCUT2D eigenvalue weighted by Gasteiger charge is -2.00. The summed E-state index contributed by atoms with van der Waals surface area (Å²) in [4.78, 5) is 4.04. The fraction of sp³-hybridized carbons (Fsp3) is 0.273. The van der Waals surface area contributed by atoms with Gasteiger partial charge < -0.3 is 9.63 Å². The smallest absolute Gasteiger partial charge is 0.227 e. The number of aliphatic hydroxyl groups excluding tert-OH is 1. The van der Waals surface area contributed by atoms with Gasteiger partial charge in [0, 0.05) is 18.6 Å². The molecule has 1 aromatic carbocycles. The second-order valence-electron chi connectivity index (χ2n) is 3.56. The van der Waals surface area contributed by atoms with Gasteiger partial charge in [-0.05, 0) is 34.5 Å². The third-order valence-electron chi connectivity index (χ3n) is 2.29. The Labute approximate surface area is 110 Å². The maximum atomic E-state index is 13.3. The van der Waals surface area contributed by atoms with E-state index in [9.17, 15) is 8.78 Å². The zero-order chi connectivity index (χ0) is 13.1. The quantitative estimate of drug-likeness (QED) is 0.880. The van der Waals surface area contributed by atoms with Crippen LogP contribution in [0.15, 0.2) is 21.1 Å². The Bertz CT molecular complexity index is 560. The summed E-state index contributed by atoms with van der Waals surface area (Å²) >= 11 is 2.95. The number of aromatic nitrogens is 2. The minimum atomic E-state index is -0.991. The van der Waals surface area contributed by atoms with Gasteiger partial charge in [0.2, 0.25) is 11.7 Å². The third kappa shape index (κ3) is 2.56. The number of hydrogen-bond acceptors (Lipinski definition) is 4. The lowest BCUT2D eigenvalue weighted by molar-refractivity contribution is 0.278. The molecular formula is C11H9BrF2N2O2. The highest BCUT2D eigenvalue weighted by atomic mass is 79.9. The SMILES string of the molecule is OCCCc1nc(-c2ccc(F)c(F)c2Br)no1. The Morgan fingerprint density at radius 3 is 2.83 bits per heavy atom. The van der Waals surface area contributed by atoms with Crippen molar-refractivity contribution in [2.45, 2.75) is 12.8 Å². The van der Waals surface area contributed by atoms with E-state index in [1.54, 1.807) is 0 Å². The van der Waals surface area contributed by atoms with Crippen molar-refractivity contribution in [2.75, 3.05) is 6.61 Å². The molecule has 0 saturated carbocycles. The third-order valence-corrected chi connectivity index (χ3v) is 3.07. The second-order valence-corrected chi connectivity index (χ2v) is 4.35. The molecule has 0 fully saturated rings. The van der Waals surface area contributed by atoms with E-state index in [1.165, 1.54) is 6.07 Å². The van der Waals surface area contributed by atoms with Crippen molar-refractivity contribution in [1.29, 1.82) is 0 Å². The molecule has 96 valence electrons. The number of aryl methyl sites for hydroxylation is 1. The number of aliphatic hydroxyl groups is 1. The molecule has 1 heterocycles. The molecule has 0 aliphatic rings.